The molecule has 0 N–H and O–H groups in total. The number of anilines is 3. The molecule has 2 aromatic carbocycles. The molecule has 1 aliphatic rings. The van der Waals surface area contributed by atoms with Crippen LogP contribution in [-0.2, 0) is 10.2 Å². The van der Waals surface area contributed by atoms with Crippen molar-refractivity contribution in [2.45, 2.75) is 6.42 Å². The molecule has 0 saturated carbocycles. The second-order valence-corrected chi connectivity index (χ2v) is 7.87. The zero-order valence-corrected chi connectivity index (χ0v) is 15.1. The highest BCUT2D eigenvalue weighted by molar-refractivity contribution is 9.09. The van der Waals surface area contributed by atoms with Crippen LogP contribution in [0.1, 0.15) is 6.42 Å². The molecule has 1 heterocycles. The van der Waals surface area contributed by atoms with Gasteiger partial charge in [-0.25, -0.2) is 8.70 Å². The van der Waals surface area contributed by atoms with E-state index >= 15 is 0 Å². The Hall–Kier alpha value is -1.31. The van der Waals surface area contributed by atoms with Crippen molar-refractivity contribution in [3.8, 4) is 0 Å². The van der Waals surface area contributed by atoms with Crippen LogP contribution in [0.15, 0.2) is 42.5 Å². The summed E-state index contributed by atoms with van der Waals surface area (Å²) >= 11 is 9.40. The molecular formula is C15H13BrClFN2O2S. The lowest BCUT2D eigenvalue weighted by molar-refractivity contribution is 0.593. The molecule has 0 bridgehead atoms. The molecule has 0 fully saturated rings. The van der Waals surface area contributed by atoms with Crippen LogP contribution in [0.4, 0.5) is 21.5 Å². The van der Waals surface area contributed by atoms with Crippen LogP contribution in [0.5, 0.6) is 0 Å². The van der Waals surface area contributed by atoms with Crippen molar-refractivity contribution in [3.05, 3.63) is 53.3 Å². The second kappa shape index (κ2) is 6.30. The summed E-state index contributed by atoms with van der Waals surface area (Å²) in [5, 5.41) is 0.740. The summed E-state index contributed by atoms with van der Waals surface area (Å²) in [4.78, 5) is 0. The lowest BCUT2D eigenvalue weighted by Gasteiger charge is -2.22. The average molecular weight is 420 g/mol. The number of halogens is 3. The molecule has 0 saturated heterocycles. The molecule has 8 heteroatoms. The molecule has 0 aromatic heterocycles. The molecule has 0 unspecified atom stereocenters. The van der Waals surface area contributed by atoms with Gasteiger partial charge in [0.05, 0.1) is 22.1 Å². The molecule has 2 aromatic rings. The van der Waals surface area contributed by atoms with E-state index in [4.69, 9.17) is 11.6 Å². The van der Waals surface area contributed by atoms with Crippen LogP contribution in [0.2, 0.25) is 5.02 Å². The van der Waals surface area contributed by atoms with E-state index in [1.165, 1.54) is 20.7 Å². The molecule has 23 heavy (non-hydrogen) atoms. The molecule has 0 aliphatic carbocycles. The van der Waals surface area contributed by atoms with Gasteiger partial charge in [0, 0.05) is 11.9 Å². The Morgan fingerprint density at radius 3 is 2.43 bits per heavy atom. The van der Waals surface area contributed by atoms with E-state index < -0.39 is 16.0 Å². The summed E-state index contributed by atoms with van der Waals surface area (Å²) in [6, 6.07) is 10.7. The Kier molecular flexibility index (Phi) is 4.53. The SMILES string of the molecule is O=S1(=O)N(CCCBr)c2ccccc2N1c1ccc(F)cc1Cl. The fourth-order valence-corrected chi connectivity index (χ4v) is 4.86. The van der Waals surface area contributed by atoms with E-state index in [0.717, 1.165) is 6.07 Å². The number of fused-ring (bicyclic) bond motifs is 1. The lowest BCUT2D eigenvalue weighted by atomic mass is 10.2. The minimum Gasteiger partial charge on any atom is -0.251 e. The highest BCUT2D eigenvalue weighted by atomic mass is 79.9. The monoisotopic (exact) mass is 418 g/mol. The zero-order valence-electron chi connectivity index (χ0n) is 11.9. The van der Waals surface area contributed by atoms with E-state index in [0.29, 0.717) is 29.7 Å². The Balaban J connectivity index is 2.17. The number of nitrogens with zero attached hydrogens (tertiary/aromatic N) is 2. The first-order valence-electron chi connectivity index (χ1n) is 6.90. The van der Waals surface area contributed by atoms with Crippen LogP contribution in [0, 0.1) is 5.82 Å². The van der Waals surface area contributed by atoms with Crippen molar-refractivity contribution < 1.29 is 12.8 Å². The first kappa shape index (κ1) is 16.5. The normalized spacial score (nSPS) is 15.8. The van der Waals surface area contributed by atoms with E-state index in [9.17, 15) is 12.8 Å². The maximum atomic E-state index is 13.3. The second-order valence-electron chi connectivity index (χ2n) is 4.97. The Morgan fingerprint density at radius 1 is 1.09 bits per heavy atom. The highest BCUT2D eigenvalue weighted by Gasteiger charge is 2.41. The van der Waals surface area contributed by atoms with E-state index in [1.54, 1.807) is 24.3 Å². The molecule has 0 atom stereocenters. The average Bonchev–Trinajstić information content (AvgIpc) is 2.72. The minimum atomic E-state index is -3.81. The van der Waals surface area contributed by atoms with Crippen LogP contribution < -0.4 is 8.61 Å². The predicted molar refractivity (Wildman–Crippen MR) is 94.7 cm³/mol. The van der Waals surface area contributed by atoms with Crippen LogP contribution in [0.3, 0.4) is 0 Å². The zero-order chi connectivity index (χ0) is 16.6. The lowest BCUT2D eigenvalue weighted by Crippen LogP contribution is -2.36. The molecule has 0 spiro atoms. The maximum Gasteiger partial charge on any atom is 0.331 e. The Labute approximate surface area is 147 Å². The third-order valence-electron chi connectivity index (χ3n) is 3.50. The van der Waals surface area contributed by atoms with Gasteiger partial charge < -0.3 is 0 Å². The molecule has 4 nitrogen and oxygen atoms in total. The first-order valence-corrected chi connectivity index (χ1v) is 9.79. The van der Waals surface area contributed by atoms with Gasteiger partial charge in [0.25, 0.3) is 0 Å². The van der Waals surface area contributed by atoms with Gasteiger partial charge in [-0.15, -0.1) is 0 Å². The molecule has 3 rings (SSSR count). The largest absolute Gasteiger partial charge is 0.331 e. The van der Waals surface area contributed by atoms with Gasteiger partial charge in [0.15, 0.2) is 0 Å². The van der Waals surface area contributed by atoms with Crippen LogP contribution >= 0.6 is 27.5 Å². The summed E-state index contributed by atoms with van der Waals surface area (Å²) in [6.07, 6.45) is 0.665. The Bertz CT molecular complexity index is 847. The van der Waals surface area contributed by atoms with Crippen LogP contribution in [-0.4, -0.2) is 20.3 Å². The predicted octanol–water partition coefficient (Wildman–Crippen LogP) is 4.47. The topological polar surface area (TPSA) is 40.6 Å². The van der Waals surface area contributed by atoms with Crippen molar-refractivity contribution >= 4 is 54.8 Å². The Morgan fingerprint density at radius 2 is 1.78 bits per heavy atom. The quantitative estimate of drug-likeness (QED) is 0.686. The summed E-state index contributed by atoms with van der Waals surface area (Å²) in [7, 11) is -3.81. The minimum absolute atomic E-state index is 0.0470. The summed E-state index contributed by atoms with van der Waals surface area (Å²) in [6.45, 7) is 0.347. The van der Waals surface area contributed by atoms with Crippen molar-refractivity contribution in [3.63, 3.8) is 0 Å². The third-order valence-corrected chi connectivity index (χ3v) is 6.16. The number of rotatable bonds is 4. The smallest absolute Gasteiger partial charge is 0.251 e. The van der Waals surface area contributed by atoms with Gasteiger partial charge >= 0.3 is 10.2 Å². The number of alkyl halides is 1. The molecular weight excluding hydrogens is 407 g/mol. The van der Waals surface area contributed by atoms with Gasteiger partial charge in [-0.1, -0.05) is 39.7 Å². The van der Waals surface area contributed by atoms with Crippen LogP contribution in [0.25, 0.3) is 0 Å². The van der Waals surface area contributed by atoms with Crippen molar-refractivity contribution in [1.29, 1.82) is 0 Å². The van der Waals surface area contributed by atoms with Crippen molar-refractivity contribution in [2.75, 3.05) is 20.5 Å². The summed E-state index contributed by atoms with van der Waals surface area (Å²) in [5.41, 5.74) is 1.34. The fourth-order valence-electron chi connectivity index (χ4n) is 2.53. The number of hydrogen-bond donors (Lipinski definition) is 0. The number of hydrogen-bond acceptors (Lipinski definition) is 2. The van der Waals surface area contributed by atoms with Gasteiger partial charge in [-0.2, -0.15) is 8.42 Å². The molecule has 0 amide bonds. The third kappa shape index (κ3) is 2.81. The molecule has 0 radical (unpaired) electrons. The van der Waals surface area contributed by atoms with Gasteiger partial charge in [-0.05, 0) is 36.8 Å². The fraction of sp³-hybridized carbons (Fsp3) is 0.200. The first-order chi connectivity index (χ1) is 11.0. The molecule has 1 aliphatic heterocycles. The van der Waals surface area contributed by atoms with Gasteiger partial charge in [0.1, 0.15) is 5.82 Å². The van der Waals surface area contributed by atoms with E-state index in [1.807, 2.05) is 0 Å². The maximum absolute atomic E-state index is 13.3. The van der Waals surface area contributed by atoms with E-state index in [2.05, 4.69) is 15.9 Å². The van der Waals surface area contributed by atoms with Gasteiger partial charge in [0.2, 0.25) is 0 Å². The molecule has 122 valence electrons. The number of benzene rings is 2. The van der Waals surface area contributed by atoms with Gasteiger partial charge in [-0.3, -0.25) is 4.31 Å². The number of para-hydroxylation sites is 2. The summed E-state index contributed by atoms with van der Waals surface area (Å²) < 4.78 is 41.8. The van der Waals surface area contributed by atoms with Crippen molar-refractivity contribution in [2.24, 2.45) is 0 Å². The van der Waals surface area contributed by atoms with E-state index in [-0.39, 0.29) is 10.7 Å². The van der Waals surface area contributed by atoms with Crippen molar-refractivity contribution in [1.82, 2.24) is 0 Å². The summed E-state index contributed by atoms with van der Waals surface area (Å²) in [5.74, 6) is -0.514. The highest BCUT2D eigenvalue weighted by Crippen LogP contribution is 2.47. The standard InChI is InChI=1S/C15H13BrClFN2O2S/c16-8-3-9-19-14-4-1-2-5-15(14)20(23(19,21)22)13-7-6-11(18)10-12(13)17/h1-2,4-7,10H,3,8-9H2.